The van der Waals surface area contributed by atoms with Gasteiger partial charge in [0.1, 0.15) is 22.6 Å². The molecule has 11 heteroatoms. The summed E-state index contributed by atoms with van der Waals surface area (Å²) in [6.07, 6.45) is 2.88. The molecule has 35 heavy (non-hydrogen) atoms. The predicted molar refractivity (Wildman–Crippen MR) is 131 cm³/mol. The Hall–Kier alpha value is -4.01. The molecule has 3 heterocycles. The fourth-order valence-electron chi connectivity index (χ4n) is 4.17. The summed E-state index contributed by atoms with van der Waals surface area (Å²) in [5.74, 6) is -0.0307. The average molecular weight is 492 g/mol. The molecule has 0 amide bonds. The van der Waals surface area contributed by atoms with Crippen LogP contribution in [-0.2, 0) is 10.0 Å². The third-order valence-corrected chi connectivity index (χ3v) is 7.52. The third kappa shape index (κ3) is 4.29. The Kier molecular flexibility index (Phi) is 5.84. The third-order valence-electron chi connectivity index (χ3n) is 5.86. The molecule has 0 bridgehead atoms. The molecule has 0 unspecified atom stereocenters. The van der Waals surface area contributed by atoms with Crippen molar-refractivity contribution >= 4 is 38.1 Å². The van der Waals surface area contributed by atoms with Gasteiger partial charge in [-0.3, -0.25) is 0 Å². The number of hydrogen-bond acceptors (Lipinski definition) is 8. The van der Waals surface area contributed by atoms with Crippen LogP contribution in [0, 0.1) is 17.1 Å². The van der Waals surface area contributed by atoms with Gasteiger partial charge in [0, 0.05) is 49.0 Å². The molecule has 2 aromatic heterocycles. The van der Waals surface area contributed by atoms with Gasteiger partial charge in [0.2, 0.25) is 0 Å². The lowest BCUT2D eigenvalue weighted by Crippen LogP contribution is -2.49. The van der Waals surface area contributed by atoms with Crippen LogP contribution in [0.4, 0.5) is 21.6 Å². The van der Waals surface area contributed by atoms with Crippen LogP contribution in [0.15, 0.2) is 65.8 Å². The lowest BCUT2D eigenvalue weighted by Gasteiger charge is -2.33. The Balaban J connectivity index is 1.46. The molecule has 1 saturated heterocycles. The zero-order chi connectivity index (χ0) is 24.6. The highest BCUT2D eigenvalue weighted by molar-refractivity contribution is 7.90. The van der Waals surface area contributed by atoms with Gasteiger partial charge in [-0.2, -0.15) is 22.9 Å². The van der Waals surface area contributed by atoms with E-state index in [1.807, 2.05) is 11.0 Å². The fraction of sp³-hybridized carbons (Fsp3) is 0.208. The summed E-state index contributed by atoms with van der Waals surface area (Å²) in [5.41, 5.74) is 1.32. The average Bonchev–Trinajstić information content (AvgIpc) is 3.28. The van der Waals surface area contributed by atoms with Crippen molar-refractivity contribution < 1.29 is 12.8 Å². The number of benzene rings is 2. The minimum Gasteiger partial charge on any atom is -0.366 e. The highest BCUT2D eigenvalue weighted by Gasteiger charge is 2.24. The molecule has 2 N–H and O–H groups in total. The first kappa shape index (κ1) is 22.8. The van der Waals surface area contributed by atoms with E-state index in [-0.39, 0.29) is 27.8 Å². The molecule has 9 nitrogen and oxygen atoms in total. The molecule has 178 valence electrons. The van der Waals surface area contributed by atoms with E-state index < -0.39 is 10.0 Å². The lowest BCUT2D eigenvalue weighted by atomic mass is 10.2. The van der Waals surface area contributed by atoms with E-state index in [4.69, 9.17) is 0 Å². The molecule has 2 aromatic carbocycles. The van der Waals surface area contributed by atoms with Crippen molar-refractivity contribution in [3.05, 3.63) is 72.3 Å². The van der Waals surface area contributed by atoms with Crippen molar-refractivity contribution in [2.75, 3.05) is 29.9 Å². The molecule has 0 radical (unpaired) electrons. The number of anilines is 3. The molecular weight excluding hydrogens is 469 g/mol. The van der Waals surface area contributed by atoms with Crippen molar-refractivity contribution in [1.82, 2.24) is 19.5 Å². The molecule has 4 aromatic rings. The van der Waals surface area contributed by atoms with Crippen LogP contribution in [0.2, 0.25) is 0 Å². The smallest absolute Gasteiger partial charge is 0.284 e. The van der Waals surface area contributed by atoms with Crippen molar-refractivity contribution in [2.24, 2.45) is 0 Å². The molecule has 0 saturated carbocycles. The molecule has 0 aliphatic carbocycles. The summed E-state index contributed by atoms with van der Waals surface area (Å²) in [6, 6.07) is 14.5. The molecule has 0 spiro atoms. The molecule has 1 aliphatic rings. The Bertz CT molecular complexity index is 1560. The van der Waals surface area contributed by atoms with Crippen LogP contribution in [0.1, 0.15) is 12.5 Å². The Morgan fingerprint density at radius 1 is 1.20 bits per heavy atom. The number of aromatic nitrogens is 3. The monoisotopic (exact) mass is 491 g/mol. The molecular formula is C24H22FN7O2S. The van der Waals surface area contributed by atoms with Crippen LogP contribution in [-0.4, -0.2) is 48.3 Å². The van der Waals surface area contributed by atoms with E-state index in [0.717, 1.165) is 23.7 Å². The van der Waals surface area contributed by atoms with Crippen LogP contribution >= 0.6 is 0 Å². The standard InChI is InChI=1S/C24H22FN7O2S/c1-16-15-31(9-8-27-16)21-7-6-19(10-20(21)25)30-24-11-22-18(13-28-24)14-29-32(22)35(33,34)23-5-3-2-4-17(23)12-26/h2-7,10-11,13-14,16,27H,8-9,15H2,1H3,(H,28,30)/t16-/m1/s1. The van der Waals surface area contributed by atoms with E-state index in [0.29, 0.717) is 22.6 Å². The van der Waals surface area contributed by atoms with Gasteiger partial charge in [0.25, 0.3) is 10.0 Å². The Morgan fingerprint density at radius 2 is 2.03 bits per heavy atom. The van der Waals surface area contributed by atoms with E-state index in [1.165, 1.54) is 36.7 Å². The summed E-state index contributed by atoms with van der Waals surface area (Å²) in [4.78, 5) is 6.17. The second-order valence-electron chi connectivity index (χ2n) is 8.32. The quantitative estimate of drug-likeness (QED) is 0.437. The van der Waals surface area contributed by atoms with Crippen LogP contribution in [0.5, 0.6) is 0 Å². The Labute approximate surface area is 201 Å². The SMILES string of the molecule is C[C@@H]1CN(c2ccc(Nc3cc4c(cn3)cnn4S(=O)(=O)c3ccccc3C#N)cc2F)CCN1. The summed E-state index contributed by atoms with van der Waals surface area (Å²) in [7, 11) is -4.13. The van der Waals surface area contributed by atoms with Crippen molar-refractivity contribution in [3.8, 4) is 6.07 Å². The normalized spacial score (nSPS) is 16.3. The van der Waals surface area contributed by atoms with Crippen molar-refractivity contribution in [1.29, 1.82) is 5.26 Å². The van der Waals surface area contributed by atoms with E-state index >= 15 is 0 Å². The van der Waals surface area contributed by atoms with Crippen molar-refractivity contribution in [3.63, 3.8) is 0 Å². The summed E-state index contributed by atoms with van der Waals surface area (Å²) in [6.45, 7) is 4.29. The largest absolute Gasteiger partial charge is 0.366 e. The maximum Gasteiger partial charge on any atom is 0.284 e. The van der Waals surface area contributed by atoms with Crippen LogP contribution < -0.4 is 15.5 Å². The second kappa shape index (κ2) is 8.98. The fourth-order valence-corrected chi connectivity index (χ4v) is 5.59. The molecule has 5 rings (SSSR count). The first-order chi connectivity index (χ1) is 16.9. The van der Waals surface area contributed by atoms with Gasteiger partial charge in [-0.15, -0.1) is 0 Å². The number of rotatable bonds is 5. The molecule has 1 aliphatic heterocycles. The van der Waals surface area contributed by atoms with Gasteiger partial charge in [0.15, 0.2) is 0 Å². The van der Waals surface area contributed by atoms with Gasteiger partial charge in [-0.1, -0.05) is 12.1 Å². The van der Waals surface area contributed by atoms with Gasteiger partial charge < -0.3 is 15.5 Å². The first-order valence-electron chi connectivity index (χ1n) is 11.0. The van der Waals surface area contributed by atoms with Gasteiger partial charge in [-0.05, 0) is 37.3 Å². The van der Waals surface area contributed by atoms with Gasteiger partial charge in [-0.25, -0.2) is 9.37 Å². The number of pyridine rings is 1. The highest BCUT2D eigenvalue weighted by Crippen LogP contribution is 2.28. The Morgan fingerprint density at radius 3 is 2.80 bits per heavy atom. The number of hydrogen-bond donors (Lipinski definition) is 2. The summed E-state index contributed by atoms with van der Waals surface area (Å²) in [5, 5.41) is 20.2. The topological polar surface area (TPSA) is 116 Å². The maximum absolute atomic E-state index is 14.9. The lowest BCUT2D eigenvalue weighted by molar-refractivity contribution is 0.478. The number of nitrogens with zero attached hydrogens (tertiary/aromatic N) is 5. The second-order valence-corrected chi connectivity index (χ2v) is 10.1. The van der Waals surface area contributed by atoms with Crippen molar-refractivity contribution in [2.45, 2.75) is 17.9 Å². The zero-order valence-corrected chi connectivity index (χ0v) is 19.6. The van der Waals surface area contributed by atoms with E-state index in [9.17, 15) is 18.1 Å². The van der Waals surface area contributed by atoms with Gasteiger partial charge in [0.05, 0.1) is 23.0 Å². The number of nitriles is 1. The maximum atomic E-state index is 14.9. The number of nitrogens with one attached hydrogen (secondary N) is 2. The van der Waals surface area contributed by atoms with E-state index in [1.54, 1.807) is 24.3 Å². The number of fused-ring (bicyclic) bond motifs is 1. The van der Waals surface area contributed by atoms with E-state index in [2.05, 4.69) is 27.6 Å². The number of halogens is 1. The first-order valence-corrected chi connectivity index (χ1v) is 12.4. The molecule has 1 fully saturated rings. The van der Waals surface area contributed by atoms with Gasteiger partial charge >= 0.3 is 0 Å². The minimum absolute atomic E-state index is 0.0259. The molecule has 1 atom stereocenters. The van der Waals surface area contributed by atoms with Crippen LogP contribution in [0.3, 0.4) is 0 Å². The highest BCUT2D eigenvalue weighted by atomic mass is 32.2. The van der Waals surface area contributed by atoms with Crippen LogP contribution in [0.25, 0.3) is 10.9 Å². The predicted octanol–water partition coefficient (Wildman–Crippen LogP) is 3.22. The number of piperazine rings is 1. The minimum atomic E-state index is -4.13. The zero-order valence-electron chi connectivity index (χ0n) is 18.8. The summed E-state index contributed by atoms with van der Waals surface area (Å²) >= 11 is 0. The summed E-state index contributed by atoms with van der Waals surface area (Å²) < 4.78 is 42.3.